The first-order valence-corrected chi connectivity index (χ1v) is 7.16. The molecule has 2 aromatic carbocycles. The van der Waals surface area contributed by atoms with Gasteiger partial charge in [0.25, 0.3) is 0 Å². The van der Waals surface area contributed by atoms with Gasteiger partial charge >= 0.3 is 5.97 Å². The van der Waals surface area contributed by atoms with Crippen LogP contribution in [-0.4, -0.2) is 24.3 Å². The van der Waals surface area contributed by atoms with Crippen LogP contribution in [0.2, 0.25) is 5.02 Å². The highest BCUT2D eigenvalue weighted by Gasteiger charge is 2.12. The van der Waals surface area contributed by atoms with E-state index in [2.05, 4.69) is 5.32 Å². The first kappa shape index (κ1) is 14.5. The van der Waals surface area contributed by atoms with Crippen molar-refractivity contribution in [1.82, 2.24) is 0 Å². The van der Waals surface area contributed by atoms with Crippen LogP contribution in [0.4, 0.5) is 5.69 Å². The Labute approximate surface area is 132 Å². The molecule has 2 N–H and O–H groups in total. The fourth-order valence-electron chi connectivity index (χ4n) is 2.20. The van der Waals surface area contributed by atoms with Gasteiger partial charge in [0.1, 0.15) is 13.2 Å². The van der Waals surface area contributed by atoms with Gasteiger partial charge in [0, 0.05) is 12.2 Å². The molecule has 0 atom stereocenters. The van der Waals surface area contributed by atoms with Crippen LogP contribution >= 0.6 is 11.6 Å². The molecule has 6 heteroatoms. The van der Waals surface area contributed by atoms with E-state index < -0.39 is 5.97 Å². The number of rotatable bonds is 4. The van der Waals surface area contributed by atoms with Gasteiger partial charge in [-0.1, -0.05) is 17.7 Å². The average molecular weight is 320 g/mol. The zero-order valence-corrected chi connectivity index (χ0v) is 12.4. The summed E-state index contributed by atoms with van der Waals surface area (Å²) in [5.74, 6) is 0.426. The third-order valence-corrected chi connectivity index (χ3v) is 3.63. The van der Waals surface area contributed by atoms with Crippen LogP contribution in [0.15, 0.2) is 36.4 Å². The monoisotopic (exact) mass is 319 g/mol. The topological polar surface area (TPSA) is 67.8 Å². The zero-order chi connectivity index (χ0) is 15.5. The number of carboxylic acids is 1. The molecule has 2 aromatic rings. The van der Waals surface area contributed by atoms with Crippen molar-refractivity contribution in [2.75, 3.05) is 18.5 Å². The summed E-state index contributed by atoms with van der Waals surface area (Å²) in [4.78, 5) is 11.1. The SMILES string of the molecule is O=C(O)c1cc(NCc2ccc3c(c2)OCCO3)ccc1Cl. The Morgan fingerprint density at radius 2 is 1.91 bits per heavy atom. The van der Waals surface area contributed by atoms with Crippen molar-refractivity contribution in [3.63, 3.8) is 0 Å². The summed E-state index contributed by atoms with van der Waals surface area (Å²) in [6.07, 6.45) is 0. The maximum Gasteiger partial charge on any atom is 0.337 e. The van der Waals surface area contributed by atoms with Gasteiger partial charge in [-0.25, -0.2) is 4.79 Å². The summed E-state index contributed by atoms with van der Waals surface area (Å²) >= 11 is 5.85. The van der Waals surface area contributed by atoms with Gasteiger partial charge < -0.3 is 19.9 Å². The third kappa shape index (κ3) is 3.09. The molecular formula is C16H14ClNO4. The van der Waals surface area contributed by atoms with E-state index in [1.807, 2.05) is 18.2 Å². The maximum absolute atomic E-state index is 11.1. The van der Waals surface area contributed by atoms with Crippen LogP contribution < -0.4 is 14.8 Å². The van der Waals surface area contributed by atoms with Crippen molar-refractivity contribution in [2.45, 2.75) is 6.54 Å². The molecule has 22 heavy (non-hydrogen) atoms. The van der Waals surface area contributed by atoms with Crippen LogP contribution in [0, 0.1) is 0 Å². The van der Waals surface area contributed by atoms with E-state index in [1.54, 1.807) is 12.1 Å². The van der Waals surface area contributed by atoms with Crippen LogP contribution in [0.25, 0.3) is 0 Å². The number of carboxylic acid groups (broad SMARTS) is 1. The molecule has 1 aliphatic rings. The Bertz CT molecular complexity index is 717. The minimum Gasteiger partial charge on any atom is -0.486 e. The van der Waals surface area contributed by atoms with E-state index in [4.69, 9.17) is 26.2 Å². The summed E-state index contributed by atoms with van der Waals surface area (Å²) in [6.45, 7) is 1.65. The molecule has 114 valence electrons. The van der Waals surface area contributed by atoms with Crippen LogP contribution in [0.5, 0.6) is 11.5 Å². The second kappa shape index (κ2) is 6.15. The van der Waals surface area contributed by atoms with Crippen molar-refractivity contribution in [3.05, 3.63) is 52.5 Å². The second-order valence-corrected chi connectivity index (χ2v) is 5.24. The van der Waals surface area contributed by atoms with E-state index in [1.165, 1.54) is 6.07 Å². The largest absolute Gasteiger partial charge is 0.486 e. The number of carbonyl (C=O) groups is 1. The molecule has 0 amide bonds. The second-order valence-electron chi connectivity index (χ2n) is 4.83. The third-order valence-electron chi connectivity index (χ3n) is 3.30. The Morgan fingerprint density at radius 1 is 1.14 bits per heavy atom. The molecule has 1 heterocycles. The zero-order valence-electron chi connectivity index (χ0n) is 11.6. The lowest BCUT2D eigenvalue weighted by Gasteiger charge is -2.19. The number of hydrogen-bond acceptors (Lipinski definition) is 4. The number of aromatic carboxylic acids is 1. The fraction of sp³-hybridized carbons (Fsp3) is 0.188. The summed E-state index contributed by atoms with van der Waals surface area (Å²) in [5.41, 5.74) is 1.78. The lowest BCUT2D eigenvalue weighted by atomic mass is 10.1. The molecule has 0 fully saturated rings. The van der Waals surface area contributed by atoms with E-state index >= 15 is 0 Å². The molecule has 0 radical (unpaired) electrons. The Hall–Kier alpha value is -2.40. The minimum absolute atomic E-state index is 0.0776. The number of anilines is 1. The van der Waals surface area contributed by atoms with Gasteiger partial charge in [0.2, 0.25) is 0 Å². The summed E-state index contributed by atoms with van der Waals surface area (Å²) in [5, 5.41) is 12.5. The highest BCUT2D eigenvalue weighted by atomic mass is 35.5. The lowest BCUT2D eigenvalue weighted by Crippen LogP contribution is -2.15. The lowest BCUT2D eigenvalue weighted by molar-refractivity contribution is 0.0697. The normalized spacial score (nSPS) is 12.8. The average Bonchev–Trinajstić information content (AvgIpc) is 2.53. The first-order chi connectivity index (χ1) is 10.6. The van der Waals surface area contributed by atoms with Crippen molar-refractivity contribution in [2.24, 2.45) is 0 Å². The quantitative estimate of drug-likeness (QED) is 0.903. The summed E-state index contributed by atoms with van der Waals surface area (Å²) in [7, 11) is 0. The molecule has 3 rings (SSSR count). The van der Waals surface area contributed by atoms with Gasteiger partial charge in [-0.3, -0.25) is 0 Å². The molecule has 0 saturated carbocycles. The smallest absolute Gasteiger partial charge is 0.337 e. The van der Waals surface area contributed by atoms with Gasteiger partial charge in [0.05, 0.1) is 10.6 Å². The van der Waals surface area contributed by atoms with Gasteiger partial charge in [-0.2, -0.15) is 0 Å². The molecule has 0 aromatic heterocycles. The van der Waals surface area contributed by atoms with Crippen molar-refractivity contribution < 1.29 is 19.4 Å². The molecule has 0 saturated heterocycles. The van der Waals surface area contributed by atoms with Gasteiger partial charge in [-0.05, 0) is 35.9 Å². The molecular weight excluding hydrogens is 306 g/mol. The van der Waals surface area contributed by atoms with Crippen LogP contribution in [-0.2, 0) is 6.54 Å². The predicted octanol–water partition coefficient (Wildman–Crippen LogP) is 3.42. The highest BCUT2D eigenvalue weighted by Crippen LogP contribution is 2.31. The molecule has 0 aliphatic carbocycles. The number of hydrogen-bond donors (Lipinski definition) is 2. The van der Waals surface area contributed by atoms with Gasteiger partial charge in [0.15, 0.2) is 11.5 Å². The number of halogens is 1. The van der Waals surface area contributed by atoms with Crippen molar-refractivity contribution in [1.29, 1.82) is 0 Å². The standard InChI is InChI=1S/C16H14ClNO4/c17-13-3-2-11(8-12(13)16(19)20)18-9-10-1-4-14-15(7-10)22-6-5-21-14/h1-4,7-8,18H,5-6,9H2,(H,19,20). The number of ether oxygens (including phenoxy) is 2. The maximum atomic E-state index is 11.1. The van der Waals surface area contributed by atoms with Gasteiger partial charge in [-0.15, -0.1) is 0 Å². The number of fused-ring (bicyclic) bond motifs is 1. The Morgan fingerprint density at radius 3 is 2.68 bits per heavy atom. The van der Waals surface area contributed by atoms with E-state index in [-0.39, 0.29) is 10.6 Å². The van der Waals surface area contributed by atoms with Crippen molar-refractivity contribution >= 4 is 23.3 Å². The highest BCUT2D eigenvalue weighted by molar-refractivity contribution is 6.33. The summed E-state index contributed by atoms with van der Waals surface area (Å²) < 4.78 is 11.0. The predicted molar refractivity (Wildman–Crippen MR) is 83.2 cm³/mol. The van der Waals surface area contributed by atoms with E-state index in [9.17, 15) is 4.79 Å². The van der Waals surface area contributed by atoms with E-state index in [0.717, 1.165) is 17.1 Å². The van der Waals surface area contributed by atoms with Crippen molar-refractivity contribution in [3.8, 4) is 11.5 Å². The molecule has 0 bridgehead atoms. The summed E-state index contributed by atoms with van der Waals surface area (Å²) in [6, 6.07) is 10.5. The van der Waals surface area contributed by atoms with E-state index in [0.29, 0.717) is 25.4 Å². The molecule has 0 spiro atoms. The number of benzene rings is 2. The fourth-order valence-corrected chi connectivity index (χ4v) is 2.40. The van der Waals surface area contributed by atoms with Crippen LogP contribution in [0.3, 0.4) is 0 Å². The number of nitrogens with one attached hydrogen (secondary N) is 1. The van der Waals surface area contributed by atoms with Crippen LogP contribution in [0.1, 0.15) is 15.9 Å². The Kier molecular flexibility index (Phi) is 4.06. The minimum atomic E-state index is -1.05. The molecule has 0 unspecified atom stereocenters. The first-order valence-electron chi connectivity index (χ1n) is 6.79. The molecule has 1 aliphatic heterocycles. The molecule has 5 nitrogen and oxygen atoms in total. The Balaban J connectivity index is 1.72.